The van der Waals surface area contributed by atoms with Crippen molar-refractivity contribution < 1.29 is 18.9 Å². The second-order valence-electron chi connectivity index (χ2n) is 5.07. The largest absolute Gasteiger partial charge is 1.00 e. The van der Waals surface area contributed by atoms with Crippen LogP contribution in [0, 0.1) is 31.6 Å². The summed E-state index contributed by atoms with van der Waals surface area (Å²) < 4.78 is 0. The molecule has 0 aliphatic heterocycles. The molecule has 1 atom stereocenters. The number of hydrogen-bond donors (Lipinski definition) is 0. The summed E-state index contributed by atoms with van der Waals surface area (Å²) in [6, 6.07) is 9.11. The Labute approximate surface area is 130 Å². The third kappa shape index (κ3) is 4.02. The molecule has 2 nitrogen and oxygen atoms in total. The van der Waals surface area contributed by atoms with Gasteiger partial charge in [0.2, 0.25) is 0 Å². The third-order valence-corrected chi connectivity index (χ3v) is 3.25. The van der Waals surface area contributed by atoms with Crippen LogP contribution >= 0.6 is 0 Å². The van der Waals surface area contributed by atoms with E-state index < -0.39 is 0 Å². The zero-order chi connectivity index (χ0) is 13.1. The van der Waals surface area contributed by atoms with Crippen molar-refractivity contribution in [1.82, 2.24) is 4.90 Å². The molecule has 5 radical (unpaired) electrons. The van der Waals surface area contributed by atoms with Gasteiger partial charge in [-0.25, -0.2) is 0 Å². The van der Waals surface area contributed by atoms with E-state index in [0.717, 1.165) is 0 Å². The van der Waals surface area contributed by atoms with Crippen LogP contribution in [-0.2, 0) is 0 Å². The van der Waals surface area contributed by atoms with Crippen molar-refractivity contribution in [3.63, 3.8) is 0 Å². The van der Waals surface area contributed by atoms with Crippen LogP contribution in [0.15, 0.2) is 24.3 Å². The van der Waals surface area contributed by atoms with E-state index in [-0.39, 0.29) is 18.9 Å². The zero-order valence-corrected chi connectivity index (χ0v) is 12.6. The Hall–Kier alpha value is -0.423. The molecular formula is C16H21LiN2+. The van der Waals surface area contributed by atoms with Crippen LogP contribution in [0.4, 0.5) is 5.69 Å². The molecule has 0 bridgehead atoms. The Morgan fingerprint density at radius 3 is 1.79 bits per heavy atom. The molecule has 0 aromatic heterocycles. The summed E-state index contributed by atoms with van der Waals surface area (Å²) in [4.78, 5) is 4.37. The average Bonchev–Trinajstić information content (AvgIpc) is 2.83. The van der Waals surface area contributed by atoms with Crippen molar-refractivity contribution in [2.24, 2.45) is 0 Å². The summed E-state index contributed by atoms with van der Waals surface area (Å²) in [5.74, 6) is 1.35. The topological polar surface area (TPSA) is 6.48 Å². The van der Waals surface area contributed by atoms with Crippen molar-refractivity contribution in [3.8, 4) is 0 Å². The number of anilines is 1. The predicted octanol–water partition coefficient (Wildman–Crippen LogP) is -0.235. The van der Waals surface area contributed by atoms with Crippen LogP contribution in [0.5, 0.6) is 0 Å². The Balaban J connectivity index is 0.00000180. The van der Waals surface area contributed by atoms with Gasteiger partial charge < -0.3 is 9.80 Å². The van der Waals surface area contributed by atoms with Crippen LogP contribution in [0.3, 0.4) is 0 Å². The molecule has 1 aromatic rings. The molecule has 0 heterocycles. The fraction of sp³-hybridized carbons (Fsp3) is 0.312. The minimum atomic E-state index is 0. The van der Waals surface area contributed by atoms with Crippen LogP contribution in [0.1, 0.15) is 11.6 Å². The number of hydrogen-bond acceptors (Lipinski definition) is 2. The normalized spacial score (nSPS) is 17.3. The fourth-order valence-electron chi connectivity index (χ4n) is 2.31. The van der Waals surface area contributed by atoms with Crippen LogP contribution < -0.4 is 23.8 Å². The van der Waals surface area contributed by atoms with E-state index in [2.05, 4.69) is 87.9 Å². The van der Waals surface area contributed by atoms with Crippen molar-refractivity contribution in [2.75, 3.05) is 33.1 Å². The van der Waals surface area contributed by atoms with Gasteiger partial charge in [0.1, 0.15) is 0 Å². The van der Waals surface area contributed by atoms with E-state index in [1.54, 1.807) is 0 Å². The van der Waals surface area contributed by atoms with Crippen molar-refractivity contribution in [1.29, 1.82) is 0 Å². The first kappa shape index (κ1) is 16.6. The van der Waals surface area contributed by atoms with E-state index >= 15 is 0 Å². The van der Waals surface area contributed by atoms with Gasteiger partial charge in [0.25, 0.3) is 0 Å². The second kappa shape index (κ2) is 7.38. The first-order chi connectivity index (χ1) is 8.59. The first-order valence-electron chi connectivity index (χ1n) is 6.25. The van der Waals surface area contributed by atoms with E-state index in [1.165, 1.54) is 17.2 Å². The molecule has 19 heavy (non-hydrogen) atoms. The molecule has 1 fully saturated rings. The minimum Gasteiger partial charge on any atom is -0.378 e. The maximum absolute atomic E-state index is 2.25. The molecule has 2 rings (SSSR count). The Kier molecular flexibility index (Phi) is 6.46. The molecule has 0 saturated heterocycles. The van der Waals surface area contributed by atoms with Crippen molar-refractivity contribution >= 4 is 5.69 Å². The molecule has 0 spiro atoms. The molecule has 1 saturated carbocycles. The molecule has 1 unspecified atom stereocenters. The van der Waals surface area contributed by atoms with Gasteiger partial charge in [0, 0.05) is 31.7 Å². The van der Waals surface area contributed by atoms with Gasteiger partial charge >= 0.3 is 18.9 Å². The van der Waals surface area contributed by atoms with Crippen LogP contribution in [0.25, 0.3) is 0 Å². The molecule has 1 aliphatic rings. The summed E-state index contributed by atoms with van der Waals surface area (Å²) in [6.45, 7) is 0. The summed E-state index contributed by atoms with van der Waals surface area (Å²) in [7, 11) is 8.38. The standard InChI is InChI=1S/C16H21N2.Li/c1-17(2)15-11-9-14(10-12-15)16(18(3)4)13-7-5-6-8-13;/h5-12,16H,1-4H3;/q;+1. The van der Waals surface area contributed by atoms with Crippen LogP contribution in [-0.4, -0.2) is 33.1 Å². The minimum absolute atomic E-state index is 0. The van der Waals surface area contributed by atoms with Gasteiger partial charge in [-0.2, -0.15) is 0 Å². The number of benzene rings is 1. The number of rotatable bonds is 4. The summed E-state index contributed by atoms with van der Waals surface area (Å²) >= 11 is 0. The second-order valence-corrected chi connectivity index (χ2v) is 5.07. The molecule has 0 amide bonds. The third-order valence-electron chi connectivity index (χ3n) is 3.25. The van der Waals surface area contributed by atoms with E-state index in [9.17, 15) is 0 Å². The molecule has 3 heteroatoms. The predicted molar refractivity (Wildman–Crippen MR) is 77.6 cm³/mol. The summed E-state index contributed by atoms with van der Waals surface area (Å²) in [5.41, 5.74) is 2.57. The maximum Gasteiger partial charge on any atom is 1.00 e. The monoisotopic (exact) mass is 248 g/mol. The van der Waals surface area contributed by atoms with Gasteiger partial charge in [-0.05, 0) is 57.5 Å². The zero-order valence-electron chi connectivity index (χ0n) is 12.6. The van der Waals surface area contributed by atoms with Gasteiger partial charge in [0.05, 0.1) is 0 Å². The van der Waals surface area contributed by atoms with E-state index in [1.807, 2.05) is 0 Å². The SMILES string of the molecule is CN(C)c1ccc(C([C]2[CH][CH][CH][CH]2)N(C)C)cc1.[Li+]. The molecule has 0 N–H and O–H groups in total. The molecule has 1 aromatic carbocycles. The molecule has 1 aliphatic carbocycles. The van der Waals surface area contributed by atoms with Crippen molar-refractivity contribution in [2.45, 2.75) is 6.04 Å². The summed E-state index contributed by atoms with van der Waals surface area (Å²) in [5, 5.41) is 0. The molecule has 95 valence electrons. The van der Waals surface area contributed by atoms with Gasteiger partial charge in [-0.15, -0.1) is 0 Å². The number of nitrogens with zero attached hydrogens (tertiary/aromatic N) is 2. The Morgan fingerprint density at radius 2 is 1.37 bits per heavy atom. The average molecular weight is 248 g/mol. The van der Waals surface area contributed by atoms with E-state index in [4.69, 9.17) is 0 Å². The Morgan fingerprint density at radius 1 is 0.842 bits per heavy atom. The fourth-order valence-corrected chi connectivity index (χ4v) is 2.31. The van der Waals surface area contributed by atoms with Crippen molar-refractivity contribution in [3.05, 3.63) is 61.4 Å². The quantitative estimate of drug-likeness (QED) is 0.679. The van der Waals surface area contributed by atoms with Crippen LogP contribution in [0.2, 0.25) is 0 Å². The van der Waals surface area contributed by atoms with Gasteiger partial charge in [-0.1, -0.05) is 12.1 Å². The van der Waals surface area contributed by atoms with Gasteiger partial charge in [0.15, 0.2) is 0 Å². The maximum atomic E-state index is 2.25. The smallest absolute Gasteiger partial charge is 0.378 e. The first-order valence-corrected chi connectivity index (χ1v) is 6.25. The Bertz CT molecular complexity index is 367. The van der Waals surface area contributed by atoms with Gasteiger partial charge in [-0.3, -0.25) is 0 Å². The molecular weight excluding hydrogens is 227 g/mol. The summed E-state index contributed by atoms with van der Waals surface area (Å²) in [6.07, 6.45) is 8.56. The van der Waals surface area contributed by atoms with E-state index in [0.29, 0.717) is 6.04 Å².